The largest absolute Gasteiger partial charge is 0.416 e. The number of fused-ring (bicyclic) bond motifs is 1. The van der Waals surface area contributed by atoms with Crippen molar-refractivity contribution in [1.82, 2.24) is 9.55 Å². The maximum atomic E-state index is 13.2. The van der Waals surface area contributed by atoms with E-state index in [9.17, 15) is 22.8 Å². The highest BCUT2D eigenvalue weighted by atomic mass is 35.5. The quantitative estimate of drug-likeness (QED) is 0.448. The Hall–Kier alpha value is -3.65. The van der Waals surface area contributed by atoms with Gasteiger partial charge in [0.05, 0.1) is 12.1 Å². The van der Waals surface area contributed by atoms with Crippen molar-refractivity contribution in [2.75, 3.05) is 5.32 Å². The van der Waals surface area contributed by atoms with Gasteiger partial charge in [-0.05, 0) is 60.2 Å². The summed E-state index contributed by atoms with van der Waals surface area (Å²) in [5.74, 6) is -0.731. The molecule has 0 atom stereocenters. The topological polar surface area (TPSA) is 64.0 Å². The van der Waals surface area contributed by atoms with Crippen molar-refractivity contribution in [3.63, 3.8) is 0 Å². The van der Waals surface area contributed by atoms with E-state index in [1.165, 1.54) is 10.6 Å². The fraction of sp³-hybridized carbons (Fsp3) is 0.0870. The van der Waals surface area contributed by atoms with Gasteiger partial charge in [0.2, 0.25) is 0 Å². The molecule has 0 radical (unpaired) electrons. The van der Waals surface area contributed by atoms with Crippen LogP contribution < -0.4 is 10.9 Å². The number of benzene rings is 2. The average molecular weight is 458 g/mol. The van der Waals surface area contributed by atoms with Crippen LogP contribution in [0.4, 0.5) is 18.9 Å². The molecule has 1 amide bonds. The van der Waals surface area contributed by atoms with Gasteiger partial charge in [0.1, 0.15) is 11.2 Å². The second kappa shape index (κ2) is 8.47. The van der Waals surface area contributed by atoms with Crippen molar-refractivity contribution in [2.24, 2.45) is 0 Å². The van der Waals surface area contributed by atoms with Gasteiger partial charge in [-0.2, -0.15) is 13.2 Å². The smallest absolute Gasteiger partial charge is 0.322 e. The minimum Gasteiger partial charge on any atom is -0.322 e. The molecule has 0 saturated carbocycles. The van der Waals surface area contributed by atoms with Gasteiger partial charge in [0, 0.05) is 22.3 Å². The third kappa shape index (κ3) is 4.50. The molecule has 0 saturated heterocycles. The van der Waals surface area contributed by atoms with E-state index in [-0.39, 0.29) is 17.8 Å². The van der Waals surface area contributed by atoms with Crippen molar-refractivity contribution in [1.29, 1.82) is 0 Å². The number of anilines is 1. The lowest BCUT2D eigenvalue weighted by molar-refractivity contribution is -0.137. The summed E-state index contributed by atoms with van der Waals surface area (Å²) in [6, 6.07) is 15.7. The average Bonchev–Trinajstić information content (AvgIpc) is 2.76. The lowest BCUT2D eigenvalue weighted by Crippen LogP contribution is -2.30. The summed E-state index contributed by atoms with van der Waals surface area (Å²) in [5, 5.41) is 3.60. The van der Waals surface area contributed by atoms with Gasteiger partial charge in [-0.1, -0.05) is 23.7 Å². The molecular formula is C23H15ClF3N3O2. The molecule has 32 heavy (non-hydrogen) atoms. The molecule has 162 valence electrons. The summed E-state index contributed by atoms with van der Waals surface area (Å²) < 4.78 is 39.6. The Balaban J connectivity index is 1.71. The number of carbonyl (C=O) groups excluding carboxylic acids is 1. The fourth-order valence-electron chi connectivity index (χ4n) is 3.23. The van der Waals surface area contributed by atoms with Crippen LogP contribution in [0.2, 0.25) is 5.02 Å². The summed E-state index contributed by atoms with van der Waals surface area (Å²) >= 11 is 5.92. The van der Waals surface area contributed by atoms with Crippen LogP contribution in [0.1, 0.15) is 21.5 Å². The van der Waals surface area contributed by atoms with Crippen molar-refractivity contribution < 1.29 is 18.0 Å². The Labute approximate surface area is 185 Å². The van der Waals surface area contributed by atoms with Gasteiger partial charge in [-0.25, -0.2) is 4.98 Å². The van der Waals surface area contributed by atoms with Gasteiger partial charge >= 0.3 is 6.18 Å². The minimum atomic E-state index is -4.48. The number of pyridine rings is 2. The highest BCUT2D eigenvalue weighted by molar-refractivity contribution is 6.30. The molecule has 0 aliphatic heterocycles. The molecule has 4 rings (SSSR count). The molecule has 2 aromatic carbocycles. The number of alkyl halides is 3. The first kappa shape index (κ1) is 21.6. The highest BCUT2D eigenvalue weighted by Gasteiger charge is 2.30. The molecule has 0 unspecified atom stereocenters. The van der Waals surface area contributed by atoms with Crippen LogP contribution in [-0.4, -0.2) is 15.5 Å². The number of amides is 1. The number of hydrogen-bond acceptors (Lipinski definition) is 3. The van der Waals surface area contributed by atoms with Gasteiger partial charge in [0.15, 0.2) is 0 Å². The van der Waals surface area contributed by atoms with E-state index >= 15 is 0 Å². The molecule has 4 aromatic rings. The monoisotopic (exact) mass is 457 g/mol. The molecule has 2 aromatic heterocycles. The number of nitrogens with one attached hydrogen (secondary N) is 1. The zero-order valence-corrected chi connectivity index (χ0v) is 17.1. The summed E-state index contributed by atoms with van der Waals surface area (Å²) in [6.45, 7) is 0.158. The van der Waals surface area contributed by atoms with E-state index in [1.54, 1.807) is 42.6 Å². The minimum absolute atomic E-state index is 0.137. The number of rotatable bonds is 4. The SMILES string of the molecule is O=C(Nc1ccc(C(F)(F)F)cc1)c1cc2cccnc2n(Cc2ccc(Cl)cc2)c1=O. The maximum absolute atomic E-state index is 13.2. The van der Waals surface area contributed by atoms with Crippen LogP contribution in [0.25, 0.3) is 11.0 Å². The first-order chi connectivity index (χ1) is 15.2. The van der Waals surface area contributed by atoms with E-state index in [4.69, 9.17) is 11.6 Å². The molecule has 0 spiro atoms. The van der Waals surface area contributed by atoms with Crippen LogP contribution in [0.5, 0.6) is 0 Å². The first-order valence-electron chi connectivity index (χ1n) is 9.44. The molecule has 0 bridgehead atoms. The van der Waals surface area contributed by atoms with E-state index in [1.807, 2.05) is 0 Å². The first-order valence-corrected chi connectivity index (χ1v) is 9.82. The molecule has 5 nitrogen and oxygen atoms in total. The van der Waals surface area contributed by atoms with Crippen molar-refractivity contribution in [3.05, 3.63) is 105 Å². The van der Waals surface area contributed by atoms with Crippen molar-refractivity contribution in [2.45, 2.75) is 12.7 Å². The molecule has 1 N–H and O–H groups in total. The molecule has 9 heteroatoms. The standard InChI is InChI=1S/C23H15ClF3N3O2/c24-17-7-3-14(4-8-17)13-30-20-15(2-1-11-28-20)12-19(22(30)32)21(31)29-18-9-5-16(6-10-18)23(25,26)27/h1-12H,13H2,(H,29,31). The number of hydrogen-bond donors (Lipinski definition) is 1. The van der Waals surface area contributed by atoms with Gasteiger partial charge in [0.25, 0.3) is 11.5 Å². The normalized spacial score (nSPS) is 11.5. The van der Waals surface area contributed by atoms with Gasteiger partial charge in [-0.3, -0.25) is 14.2 Å². The molecule has 0 aliphatic carbocycles. The molecular weight excluding hydrogens is 443 g/mol. The summed E-state index contributed by atoms with van der Waals surface area (Å²) in [6.07, 6.45) is -2.94. The predicted molar refractivity (Wildman–Crippen MR) is 116 cm³/mol. The van der Waals surface area contributed by atoms with Crippen LogP contribution in [0, 0.1) is 0 Å². The Morgan fingerprint density at radius 3 is 2.38 bits per heavy atom. The zero-order chi connectivity index (χ0) is 22.9. The maximum Gasteiger partial charge on any atom is 0.416 e. The van der Waals surface area contributed by atoms with E-state index in [0.29, 0.717) is 16.1 Å². The van der Waals surface area contributed by atoms with Gasteiger partial charge < -0.3 is 5.32 Å². The Morgan fingerprint density at radius 1 is 1.03 bits per heavy atom. The van der Waals surface area contributed by atoms with E-state index < -0.39 is 23.2 Å². The van der Waals surface area contributed by atoms with Crippen molar-refractivity contribution in [3.8, 4) is 0 Å². The third-order valence-corrected chi connectivity index (χ3v) is 5.07. The number of halogens is 4. The fourth-order valence-corrected chi connectivity index (χ4v) is 3.36. The summed E-state index contributed by atoms with van der Waals surface area (Å²) in [4.78, 5) is 30.3. The lowest BCUT2D eigenvalue weighted by atomic mass is 10.1. The van der Waals surface area contributed by atoms with Crippen LogP contribution in [0.3, 0.4) is 0 Å². The summed E-state index contributed by atoms with van der Waals surface area (Å²) in [5.41, 5.74) is -0.243. The van der Waals surface area contributed by atoms with Crippen LogP contribution in [0.15, 0.2) is 77.7 Å². The number of carbonyl (C=O) groups is 1. The van der Waals surface area contributed by atoms with Gasteiger partial charge in [-0.15, -0.1) is 0 Å². The van der Waals surface area contributed by atoms with E-state index in [0.717, 1.165) is 29.8 Å². The zero-order valence-electron chi connectivity index (χ0n) is 16.4. The Kier molecular flexibility index (Phi) is 5.71. The number of aromatic nitrogens is 2. The van der Waals surface area contributed by atoms with E-state index in [2.05, 4.69) is 10.3 Å². The van der Waals surface area contributed by atoms with Crippen molar-refractivity contribution >= 4 is 34.2 Å². The molecule has 2 heterocycles. The third-order valence-electron chi connectivity index (χ3n) is 4.82. The Bertz CT molecular complexity index is 1350. The Morgan fingerprint density at radius 2 is 1.72 bits per heavy atom. The number of nitrogens with zero attached hydrogens (tertiary/aromatic N) is 2. The molecule has 0 fully saturated rings. The summed E-state index contributed by atoms with van der Waals surface area (Å²) in [7, 11) is 0. The lowest BCUT2D eigenvalue weighted by Gasteiger charge is -2.13. The second-order valence-electron chi connectivity index (χ2n) is 7.02. The highest BCUT2D eigenvalue weighted by Crippen LogP contribution is 2.29. The predicted octanol–water partition coefficient (Wildman–Crippen LogP) is 5.37. The van der Waals surface area contributed by atoms with Crippen LogP contribution in [-0.2, 0) is 12.7 Å². The van der Waals surface area contributed by atoms with Crippen LogP contribution >= 0.6 is 11.6 Å². The second-order valence-corrected chi connectivity index (χ2v) is 7.46. The molecule has 0 aliphatic rings.